The summed E-state index contributed by atoms with van der Waals surface area (Å²) in [6.45, 7) is 0. The first-order chi connectivity index (χ1) is 11.1. The Morgan fingerprint density at radius 2 is 1.83 bits per heavy atom. The third kappa shape index (κ3) is 2.35. The van der Waals surface area contributed by atoms with Crippen LogP contribution in [0.5, 0.6) is 0 Å². The molecule has 1 saturated carbocycles. The molecule has 2 atom stereocenters. The van der Waals surface area contributed by atoms with Gasteiger partial charge < -0.3 is 11.1 Å². The van der Waals surface area contributed by atoms with E-state index in [4.69, 9.17) is 17.3 Å². The molecule has 0 heterocycles. The van der Waals surface area contributed by atoms with Crippen LogP contribution in [0.4, 0.5) is 0 Å². The van der Waals surface area contributed by atoms with Gasteiger partial charge in [-0.2, -0.15) is 0 Å². The number of hydrogen-bond donors (Lipinski definition) is 2. The highest BCUT2D eigenvalue weighted by molar-refractivity contribution is 6.31. The van der Waals surface area contributed by atoms with E-state index >= 15 is 0 Å². The number of fused-ring (bicyclic) bond motifs is 1. The first-order valence-electron chi connectivity index (χ1n) is 8.01. The largest absolute Gasteiger partial charge is 0.350 e. The lowest BCUT2D eigenvalue weighted by Crippen LogP contribution is -2.45. The summed E-state index contributed by atoms with van der Waals surface area (Å²) in [6, 6.07) is 15.6. The van der Waals surface area contributed by atoms with Crippen molar-refractivity contribution in [2.75, 3.05) is 0 Å². The monoisotopic (exact) mass is 326 g/mol. The molecule has 4 heteroatoms. The molecule has 23 heavy (non-hydrogen) atoms. The Labute approximate surface area is 140 Å². The quantitative estimate of drug-likeness (QED) is 0.910. The fraction of sp³-hybridized carbons (Fsp3) is 0.316. The van der Waals surface area contributed by atoms with Gasteiger partial charge in [0.1, 0.15) is 0 Å². The van der Waals surface area contributed by atoms with Crippen LogP contribution < -0.4 is 11.1 Å². The van der Waals surface area contributed by atoms with Gasteiger partial charge in [-0.1, -0.05) is 54.1 Å². The number of carbonyl (C=O) groups excluding carboxylic acids is 1. The maximum absolute atomic E-state index is 12.9. The Hall–Kier alpha value is -1.84. The van der Waals surface area contributed by atoms with E-state index < -0.39 is 5.41 Å². The first-order valence-corrected chi connectivity index (χ1v) is 8.39. The van der Waals surface area contributed by atoms with Crippen molar-refractivity contribution in [1.29, 1.82) is 0 Å². The number of halogens is 1. The van der Waals surface area contributed by atoms with E-state index in [0.717, 1.165) is 30.4 Å². The van der Waals surface area contributed by atoms with Crippen molar-refractivity contribution < 1.29 is 4.79 Å². The van der Waals surface area contributed by atoms with Crippen LogP contribution in [-0.2, 0) is 16.6 Å². The third-order valence-corrected chi connectivity index (χ3v) is 5.51. The van der Waals surface area contributed by atoms with Crippen molar-refractivity contribution >= 4 is 17.5 Å². The standard InChI is InChI=1S/C19H19ClN2O/c20-15-8-4-3-7-14(15)19(9-10-19)18(23)22-16-11-12-5-1-2-6-13(12)17(16)21/h1-8,16-17H,9-11,21H2,(H,22,23)/t16-,17-/m0/s1. The molecule has 2 aliphatic rings. The van der Waals surface area contributed by atoms with Gasteiger partial charge in [-0.25, -0.2) is 0 Å². The molecule has 2 aromatic rings. The molecule has 0 saturated heterocycles. The van der Waals surface area contributed by atoms with Gasteiger partial charge in [0.25, 0.3) is 0 Å². The zero-order chi connectivity index (χ0) is 16.0. The lowest BCUT2D eigenvalue weighted by Gasteiger charge is -2.23. The van der Waals surface area contributed by atoms with Gasteiger partial charge in [-0.05, 0) is 42.0 Å². The van der Waals surface area contributed by atoms with Gasteiger partial charge in [-0.15, -0.1) is 0 Å². The fourth-order valence-electron chi connectivity index (χ4n) is 3.67. The van der Waals surface area contributed by atoms with Gasteiger partial charge >= 0.3 is 0 Å². The number of amides is 1. The second-order valence-corrected chi connectivity index (χ2v) is 6.98. The zero-order valence-corrected chi connectivity index (χ0v) is 13.5. The van der Waals surface area contributed by atoms with Crippen LogP contribution in [0.1, 0.15) is 35.6 Å². The molecule has 0 unspecified atom stereocenters. The van der Waals surface area contributed by atoms with Crippen molar-refractivity contribution in [1.82, 2.24) is 5.32 Å². The van der Waals surface area contributed by atoms with Crippen LogP contribution in [-0.4, -0.2) is 11.9 Å². The Bertz CT molecular complexity index is 769. The number of nitrogens with two attached hydrogens (primary N) is 1. The van der Waals surface area contributed by atoms with Crippen LogP contribution in [0.15, 0.2) is 48.5 Å². The molecule has 3 nitrogen and oxygen atoms in total. The topological polar surface area (TPSA) is 55.1 Å². The maximum Gasteiger partial charge on any atom is 0.231 e. The second kappa shape index (κ2) is 5.36. The fourth-order valence-corrected chi connectivity index (χ4v) is 3.98. The van der Waals surface area contributed by atoms with Crippen molar-refractivity contribution in [3.8, 4) is 0 Å². The van der Waals surface area contributed by atoms with E-state index in [9.17, 15) is 4.79 Å². The SMILES string of the molecule is N[C@H]1c2ccccc2C[C@@H]1NC(=O)C1(c2ccccc2Cl)CC1. The Morgan fingerprint density at radius 1 is 1.13 bits per heavy atom. The van der Waals surface area contributed by atoms with Gasteiger partial charge in [0.05, 0.1) is 17.5 Å². The summed E-state index contributed by atoms with van der Waals surface area (Å²) in [5, 5.41) is 3.85. The third-order valence-electron chi connectivity index (χ3n) is 5.18. The molecule has 0 aromatic heterocycles. The van der Waals surface area contributed by atoms with E-state index in [2.05, 4.69) is 11.4 Å². The number of hydrogen-bond acceptors (Lipinski definition) is 2. The second-order valence-electron chi connectivity index (χ2n) is 6.57. The summed E-state index contributed by atoms with van der Waals surface area (Å²) >= 11 is 6.31. The van der Waals surface area contributed by atoms with Crippen LogP contribution in [0.3, 0.4) is 0 Å². The smallest absolute Gasteiger partial charge is 0.231 e. The molecule has 0 aliphatic heterocycles. The molecule has 1 fully saturated rings. The highest BCUT2D eigenvalue weighted by Gasteiger charge is 2.53. The molecule has 3 N–H and O–H groups in total. The zero-order valence-electron chi connectivity index (χ0n) is 12.8. The first kappa shape index (κ1) is 14.7. The molecular weight excluding hydrogens is 308 g/mol. The van der Waals surface area contributed by atoms with E-state index in [1.54, 1.807) is 0 Å². The van der Waals surface area contributed by atoms with Crippen molar-refractivity contribution in [3.63, 3.8) is 0 Å². The number of carbonyl (C=O) groups is 1. The molecule has 2 aliphatic carbocycles. The maximum atomic E-state index is 12.9. The minimum absolute atomic E-state index is 0.0418. The lowest BCUT2D eigenvalue weighted by molar-refractivity contribution is -0.124. The molecular formula is C19H19ClN2O. The van der Waals surface area contributed by atoms with Gasteiger partial charge in [-0.3, -0.25) is 4.79 Å². The summed E-state index contributed by atoms with van der Waals surface area (Å²) < 4.78 is 0. The minimum atomic E-state index is -0.465. The highest BCUT2D eigenvalue weighted by Crippen LogP contribution is 2.51. The van der Waals surface area contributed by atoms with Crippen molar-refractivity contribution in [2.24, 2.45) is 5.73 Å². The number of benzene rings is 2. The van der Waals surface area contributed by atoms with Gasteiger partial charge in [0.15, 0.2) is 0 Å². The minimum Gasteiger partial charge on any atom is -0.350 e. The molecule has 0 radical (unpaired) electrons. The summed E-state index contributed by atoms with van der Waals surface area (Å²) in [4.78, 5) is 12.9. The molecule has 1 amide bonds. The molecule has 118 valence electrons. The van der Waals surface area contributed by atoms with Gasteiger partial charge in [0, 0.05) is 5.02 Å². The van der Waals surface area contributed by atoms with Crippen molar-refractivity contribution in [3.05, 3.63) is 70.2 Å². The average Bonchev–Trinajstić information content (AvgIpc) is 3.30. The lowest BCUT2D eigenvalue weighted by atomic mass is 9.94. The van der Waals surface area contributed by atoms with Crippen LogP contribution in [0, 0.1) is 0 Å². The molecule has 0 spiro atoms. The number of rotatable bonds is 3. The van der Waals surface area contributed by atoms with Crippen molar-refractivity contribution in [2.45, 2.75) is 36.8 Å². The number of nitrogens with one attached hydrogen (secondary N) is 1. The van der Waals surface area contributed by atoms with Gasteiger partial charge in [0.2, 0.25) is 5.91 Å². The summed E-state index contributed by atoms with van der Waals surface area (Å²) in [6.07, 6.45) is 2.48. The van der Waals surface area contributed by atoms with Crippen LogP contribution >= 0.6 is 11.6 Å². The molecule has 0 bridgehead atoms. The predicted octanol–water partition coefficient (Wildman–Crippen LogP) is 3.11. The summed E-state index contributed by atoms with van der Waals surface area (Å²) in [7, 11) is 0. The Morgan fingerprint density at radius 3 is 2.52 bits per heavy atom. The van der Waals surface area contributed by atoms with E-state index in [-0.39, 0.29) is 18.0 Å². The Balaban J connectivity index is 1.55. The van der Waals surface area contributed by atoms with E-state index in [0.29, 0.717) is 5.02 Å². The van der Waals surface area contributed by atoms with Crippen LogP contribution in [0.2, 0.25) is 5.02 Å². The predicted molar refractivity (Wildman–Crippen MR) is 91.4 cm³/mol. The van der Waals surface area contributed by atoms with E-state index in [1.807, 2.05) is 42.5 Å². The normalized spacial score (nSPS) is 24.1. The molecule has 4 rings (SSSR count). The Kier molecular flexibility index (Phi) is 3.43. The van der Waals surface area contributed by atoms with Crippen LogP contribution in [0.25, 0.3) is 0 Å². The summed E-state index contributed by atoms with van der Waals surface area (Å²) in [5.41, 5.74) is 9.17. The molecule has 2 aromatic carbocycles. The van der Waals surface area contributed by atoms with E-state index in [1.165, 1.54) is 5.56 Å². The summed E-state index contributed by atoms with van der Waals surface area (Å²) in [5.74, 6) is 0.0545. The highest BCUT2D eigenvalue weighted by atomic mass is 35.5. The average molecular weight is 327 g/mol.